The molecule has 2 rings (SSSR count). The largest absolute Gasteiger partial charge is 0.620 e. The van der Waals surface area contributed by atoms with Crippen molar-refractivity contribution in [2.45, 2.75) is 6.92 Å². The molecule has 5 nitrogen and oxygen atoms in total. The Hall–Kier alpha value is -1.82. The monoisotopic (exact) mass is 277 g/mol. The zero-order valence-electron chi connectivity index (χ0n) is 10.5. The molecular formula is C13H12ClN3O2. The number of aryl methyl sites for hydroxylation is 1. The van der Waals surface area contributed by atoms with Crippen molar-refractivity contribution in [1.29, 1.82) is 0 Å². The summed E-state index contributed by atoms with van der Waals surface area (Å²) in [5.41, 5.74) is 0.894. The molecule has 2 heterocycles. The molecule has 98 valence electrons. The van der Waals surface area contributed by atoms with E-state index in [0.717, 1.165) is 0 Å². The number of pyridine rings is 2. The summed E-state index contributed by atoms with van der Waals surface area (Å²) in [6.07, 6.45) is 3.03. The number of amides is 1. The maximum Gasteiger partial charge on any atom is 0.352 e. The highest BCUT2D eigenvalue weighted by atomic mass is 35.5. The van der Waals surface area contributed by atoms with Crippen molar-refractivity contribution in [3.63, 3.8) is 0 Å². The number of carbonyl (C=O) groups excluding carboxylic acids is 1. The number of quaternary nitrogens is 1. The minimum atomic E-state index is -1.25. The SMILES string of the molecule is Cc1ncccc1C(=O)[N+](C)([O-])c1cccnc1Cl. The quantitative estimate of drug-likeness (QED) is 0.481. The molecule has 19 heavy (non-hydrogen) atoms. The van der Waals surface area contributed by atoms with E-state index in [1.165, 1.54) is 19.3 Å². The van der Waals surface area contributed by atoms with Crippen molar-refractivity contribution in [3.8, 4) is 0 Å². The van der Waals surface area contributed by atoms with Crippen LogP contribution in [0.15, 0.2) is 36.7 Å². The second kappa shape index (κ2) is 5.05. The van der Waals surface area contributed by atoms with Crippen molar-refractivity contribution < 1.29 is 4.79 Å². The molecule has 0 aromatic carbocycles. The summed E-state index contributed by atoms with van der Waals surface area (Å²) in [5.74, 6) is -0.625. The summed E-state index contributed by atoms with van der Waals surface area (Å²) in [6.45, 7) is 1.68. The van der Waals surface area contributed by atoms with E-state index < -0.39 is 10.6 Å². The Bertz CT molecular complexity index is 629. The highest BCUT2D eigenvalue weighted by Gasteiger charge is 2.30. The molecular weight excluding hydrogens is 266 g/mol. The summed E-state index contributed by atoms with van der Waals surface area (Å²) in [5, 5.41) is 12.6. The van der Waals surface area contributed by atoms with Crippen molar-refractivity contribution >= 4 is 23.2 Å². The number of aromatic nitrogens is 2. The molecule has 0 fully saturated rings. The van der Waals surface area contributed by atoms with E-state index in [4.69, 9.17) is 11.6 Å². The van der Waals surface area contributed by atoms with Crippen LogP contribution in [-0.4, -0.2) is 22.9 Å². The number of rotatable bonds is 2. The second-order valence-corrected chi connectivity index (χ2v) is 4.54. The van der Waals surface area contributed by atoms with Gasteiger partial charge in [-0.25, -0.2) is 9.78 Å². The van der Waals surface area contributed by atoms with E-state index in [9.17, 15) is 10.0 Å². The summed E-state index contributed by atoms with van der Waals surface area (Å²) >= 11 is 5.89. The number of nitrogens with zero attached hydrogens (tertiary/aromatic N) is 3. The van der Waals surface area contributed by atoms with Gasteiger partial charge in [-0.15, -0.1) is 0 Å². The first-order valence-corrected chi connectivity index (χ1v) is 5.97. The molecule has 1 amide bonds. The number of hydrogen-bond acceptors (Lipinski definition) is 4. The lowest BCUT2D eigenvalue weighted by molar-refractivity contribution is 0.0852. The molecule has 0 bridgehead atoms. The van der Waals surface area contributed by atoms with E-state index in [1.807, 2.05) is 0 Å². The number of hydroxylamine groups is 2. The predicted octanol–water partition coefficient (Wildman–Crippen LogP) is 2.71. The summed E-state index contributed by atoms with van der Waals surface area (Å²) in [7, 11) is 1.23. The zero-order chi connectivity index (χ0) is 14.0. The van der Waals surface area contributed by atoms with E-state index in [2.05, 4.69) is 9.97 Å². The Morgan fingerprint density at radius 2 is 1.89 bits per heavy atom. The van der Waals surface area contributed by atoms with Crippen molar-refractivity contribution in [3.05, 3.63) is 58.3 Å². The Balaban J connectivity index is 2.49. The van der Waals surface area contributed by atoms with Gasteiger partial charge in [-0.2, -0.15) is 0 Å². The third kappa shape index (κ3) is 2.49. The number of halogens is 1. The number of hydrogen-bond donors (Lipinski definition) is 0. The number of carbonyl (C=O) groups is 1. The van der Waals surface area contributed by atoms with Crippen molar-refractivity contribution in [2.75, 3.05) is 7.05 Å². The smallest absolute Gasteiger partial charge is 0.352 e. The molecule has 0 radical (unpaired) electrons. The maximum absolute atomic E-state index is 12.6. The Kier molecular flexibility index (Phi) is 3.61. The standard InChI is InChI=1S/C13H12ClN3O2/c1-9-10(5-3-7-15-9)13(18)17(2,19)11-6-4-8-16-12(11)14/h3-8H,1-2H3. The summed E-state index contributed by atoms with van der Waals surface area (Å²) in [6, 6.07) is 6.25. The fraction of sp³-hybridized carbons (Fsp3) is 0.154. The van der Waals surface area contributed by atoms with Crippen LogP contribution in [-0.2, 0) is 0 Å². The maximum atomic E-state index is 12.6. The molecule has 2 aromatic heterocycles. The molecule has 0 aliphatic carbocycles. The molecule has 0 spiro atoms. The summed E-state index contributed by atoms with van der Waals surface area (Å²) in [4.78, 5) is 20.2. The first-order valence-electron chi connectivity index (χ1n) is 5.59. The molecule has 1 unspecified atom stereocenters. The van der Waals surface area contributed by atoms with Gasteiger partial charge in [0.05, 0.1) is 12.7 Å². The predicted molar refractivity (Wildman–Crippen MR) is 73.6 cm³/mol. The van der Waals surface area contributed by atoms with Gasteiger partial charge in [0, 0.05) is 18.5 Å². The topological polar surface area (TPSA) is 65.9 Å². The van der Waals surface area contributed by atoms with Crippen molar-refractivity contribution in [1.82, 2.24) is 14.6 Å². The first-order chi connectivity index (χ1) is 8.94. The average Bonchev–Trinajstić information content (AvgIpc) is 2.39. The molecule has 0 aliphatic heterocycles. The first kappa shape index (κ1) is 13.6. The van der Waals surface area contributed by atoms with Crippen LogP contribution < -0.4 is 4.65 Å². The minimum Gasteiger partial charge on any atom is -0.620 e. The van der Waals surface area contributed by atoms with E-state index in [1.54, 1.807) is 31.3 Å². The van der Waals surface area contributed by atoms with E-state index in [-0.39, 0.29) is 16.4 Å². The lowest BCUT2D eigenvalue weighted by Crippen LogP contribution is -2.45. The van der Waals surface area contributed by atoms with Crippen LogP contribution in [0.4, 0.5) is 5.69 Å². The van der Waals surface area contributed by atoms with Gasteiger partial charge in [0.1, 0.15) is 5.56 Å². The summed E-state index contributed by atoms with van der Waals surface area (Å²) < 4.78 is -1.25. The van der Waals surface area contributed by atoms with Gasteiger partial charge in [-0.1, -0.05) is 11.6 Å². The van der Waals surface area contributed by atoms with Gasteiger partial charge >= 0.3 is 5.91 Å². The normalized spacial score (nSPS) is 13.9. The Morgan fingerprint density at radius 1 is 1.26 bits per heavy atom. The van der Waals surface area contributed by atoms with Crippen LogP contribution in [0.3, 0.4) is 0 Å². The fourth-order valence-corrected chi connectivity index (χ4v) is 2.03. The molecule has 0 saturated heterocycles. The third-order valence-electron chi connectivity index (χ3n) is 2.82. The van der Waals surface area contributed by atoms with Crippen LogP contribution in [0.2, 0.25) is 5.15 Å². The molecule has 1 atom stereocenters. The van der Waals surface area contributed by atoms with Crippen LogP contribution in [0.1, 0.15) is 16.1 Å². The van der Waals surface area contributed by atoms with Crippen LogP contribution >= 0.6 is 11.6 Å². The molecule has 0 aliphatic rings. The van der Waals surface area contributed by atoms with Crippen molar-refractivity contribution in [2.24, 2.45) is 0 Å². The highest BCUT2D eigenvalue weighted by molar-refractivity contribution is 6.32. The molecule has 0 saturated carbocycles. The van der Waals surface area contributed by atoms with Crippen LogP contribution in [0.25, 0.3) is 0 Å². The van der Waals surface area contributed by atoms with Gasteiger partial charge in [0.15, 0.2) is 10.8 Å². The van der Waals surface area contributed by atoms with E-state index in [0.29, 0.717) is 5.69 Å². The average molecular weight is 278 g/mol. The van der Waals surface area contributed by atoms with Crippen LogP contribution in [0.5, 0.6) is 0 Å². The zero-order valence-corrected chi connectivity index (χ0v) is 11.3. The van der Waals surface area contributed by atoms with Gasteiger partial charge in [0.25, 0.3) is 0 Å². The molecule has 0 N–H and O–H groups in total. The van der Waals surface area contributed by atoms with Gasteiger partial charge < -0.3 is 5.21 Å². The van der Waals surface area contributed by atoms with Crippen LogP contribution in [0, 0.1) is 12.1 Å². The minimum absolute atomic E-state index is 0.0230. The Morgan fingerprint density at radius 3 is 2.53 bits per heavy atom. The van der Waals surface area contributed by atoms with Gasteiger partial charge in [0.2, 0.25) is 0 Å². The highest BCUT2D eigenvalue weighted by Crippen LogP contribution is 2.29. The lowest BCUT2D eigenvalue weighted by Gasteiger charge is -2.35. The van der Waals surface area contributed by atoms with E-state index >= 15 is 0 Å². The van der Waals surface area contributed by atoms with Gasteiger partial charge in [-0.05, 0) is 25.1 Å². The third-order valence-corrected chi connectivity index (χ3v) is 3.12. The second-order valence-electron chi connectivity index (χ2n) is 4.18. The Labute approximate surface area is 115 Å². The lowest BCUT2D eigenvalue weighted by atomic mass is 10.1. The fourth-order valence-electron chi connectivity index (χ4n) is 1.75. The van der Waals surface area contributed by atoms with Gasteiger partial charge in [-0.3, -0.25) is 9.63 Å². The molecule has 2 aromatic rings. The molecule has 6 heteroatoms.